The Balaban J connectivity index is 1.81. The highest BCUT2D eigenvalue weighted by Crippen LogP contribution is 2.26. The quantitative estimate of drug-likeness (QED) is 0.575. The molecule has 20 heavy (non-hydrogen) atoms. The summed E-state index contributed by atoms with van der Waals surface area (Å²) in [6, 6.07) is 16.0. The molecule has 0 aliphatic carbocycles. The second kappa shape index (κ2) is 7.99. The average Bonchev–Trinajstić information content (AvgIpc) is 2.46. The first-order valence-corrected chi connectivity index (χ1v) is 7.71. The van der Waals surface area contributed by atoms with Crippen LogP contribution in [0.1, 0.15) is 6.92 Å². The van der Waals surface area contributed by atoms with Gasteiger partial charge in [-0.3, -0.25) is 0 Å². The van der Waals surface area contributed by atoms with Crippen molar-refractivity contribution in [3.63, 3.8) is 0 Å². The van der Waals surface area contributed by atoms with E-state index in [1.807, 2.05) is 37.3 Å². The maximum atomic E-state index is 5.75. The summed E-state index contributed by atoms with van der Waals surface area (Å²) in [7, 11) is 0. The van der Waals surface area contributed by atoms with Gasteiger partial charge < -0.3 is 14.8 Å². The number of rotatable bonds is 7. The third kappa shape index (κ3) is 4.59. The second-order valence-corrected chi connectivity index (χ2v) is 5.41. The number of benzene rings is 2. The van der Waals surface area contributed by atoms with Crippen LogP contribution < -0.4 is 14.8 Å². The monoisotopic (exact) mass is 383 g/mol. The first kappa shape index (κ1) is 15.0. The van der Waals surface area contributed by atoms with E-state index in [9.17, 15) is 0 Å². The van der Waals surface area contributed by atoms with E-state index in [1.165, 1.54) is 3.57 Å². The van der Waals surface area contributed by atoms with Gasteiger partial charge in [0.15, 0.2) is 11.5 Å². The van der Waals surface area contributed by atoms with E-state index < -0.39 is 0 Å². The van der Waals surface area contributed by atoms with Gasteiger partial charge in [0.25, 0.3) is 0 Å². The number of hydrogen-bond donors (Lipinski definition) is 1. The summed E-state index contributed by atoms with van der Waals surface area (Å²) in [4.78, 5) is 0. The zero-order valence-corrected chi connectivity index (χ0v) is 13.6. The third-order valence-corrected chi connectivity index (χ3v) is 3.33. The smallest absolute Gasteiger partial charge is 0.161 e. The molecule has 2 rings (SSSR count). The molecule has 1 N–H and O–H groups in total. The second-order valence-electron chi connectivity index (χ2n) is 4.17. The molecule has 0 saturated carbocycles. The minimum Gasteiger partial charge on any atom is -0.490 e. The van der Waals surface area contributed by atoms with Crippen LogP contribution in [-0.2, 0) is 0 Å². The fourth-order valence-corrected chi connectivity index (χ4v) is 2.34. The molecule has 0 aromatic heterocycles. The standard InChI is InChI=1S/C16H18INO2/c1-2-19-15-8-3-4-9-16(15)20-11-10-18-14-7-5-6-13(17)12-14/h3-9,12,18H,2,10-11H2,1H3. The van der Waals surface area contributed by atoms with Crippen LogP contribution in [0.5, 0.6) is 11.5 Å². The number of nitrogens with one attached hydrogen (secondary N) is 1. The fraction of sp³-hybridized carbons (Fsp3) is 0.250. The predicted molar refractivity (Wildman–Crippen MR) is 90.8 cm³/mol. The molecule has 0 aliphatic heterocycles. The van der Waals surface area contributed by atoms with Crippen molar-refractivity contribution < 1.29 is 9.47 Å². The molecule has 3 nitrogen and oxygen atoms in total. The summed E-state index contributed by atoms with van der Waals surface area (Å²) in [5.74, 6) is 1.59. The van der Waals surface area contributed by atoms with Crippen LogP contribution >= 0.6 is 22.6 Å². The van der Waals surface area contributed by atoms with E-state index in [1.54, 1.807) is 0 Å². The van der Waals surface area contributed by atoms with Crippen LogP contribution in [0.25, 0.3) is 0 Å². The van der Waals surface area contributed by atoms with Gasteiger partial charge in [-0.25, -0.2) is 0 Å². The van der Waals surface area contributed by atoms with E-state index in [4.69, 9.17) is 9.47 Å². The van der Waals surface area contributed by atoms with Crippen molar-refractivity contribution in [1.29, 1.82) is 0 Å². The molecule has 0 saturated heterocycles. The number of halogens is 1. The van der Waals surface area contributed by atoms with Crippen molar-refractivity contribution in [1.82, 2.24) is 0 Å². The molecular weight excluding hydrogens is 365 g/mol. The van der Waals surface area contributed by atoms with Crippen molar-refractivity contribution >= 4 is 28.3 Å². The Bertz CT molecular complexity index is 546. The minimum absolute atomic E-state index is 0.593. The summed E-state index contributed by atoms with van der Waals surface area (Å²) in [6.07, 6.45) is 0. The SMILES string of the molecule is CCOc1ccccc1OCCNc1cccc(I)c1. The van der Waals surface area contributed by atoms with Gasteiger partial charge in [-0.15, -0.1) is 0 Å². The van der Waals surface area contributed by atoms with Gasteiger partial charge >= 0.3 is 0 Å². The molecule has 2 aromatic carbocycles. The van der Waals surface area contributed by atoms with E-state index in [-0.39, 0.29) is 0 Å². The van der Waals surface area contributed by atoms with Crippen molar-refractivity contribution in [2.75, 3.05) is 25.1 Å². The Labute approximate surface area is 133 Å². The molecule has 0 aliphatic rings. The highest BCUT2D eigenvalue weighted by atomic mass is 127. The minimum atomic E-state index is 0.593. The van der Waals surface area contributed by atoms with Crippen LogP contribution in [0, 0.1) is 3.57 Å². The van der Waals surface area contributed by atoms with Gasteiger partial charge in [-0.05, 0) is 59.8 Å². The Morgan fingerprint density at radius 1 is 1.00 bits per heavy atom. The summed E-state index contributed by atoms with van der Waals surface area (Å²) in [5.41, 5.74) is 1.11. The average molecular weight is 383 g/mol. The lowest BCUT2D eigenvalue weighted by Crippen LogP contribution is -2.12. The molecular formula is C16H18INO2. The Morgan fingerprint density at radius 3 is 2.45 bits per heavy atom. The van der Waals surface area contributed by atoms with E-state index in [2.05, 4.69) is 46.1 Å². The van der Waals surface area contributed by atoms with Crippen LogP contribution in [0.4, 0.5) is 5.69 Å². The summed E-state index contributed by atoms with van der Waals surface area (Å²) >= 11 is 2.30. The molecule has 0 amide bonds. The highest BCUT2D eigenvalue weighted by molar-refractivity contribution is 14.1. The zero-order chi connectivity index (χ0) is 14.2. The van der Waals surface area contributed by atoms with Crippen molar-refractivity contribution in [3.05, 3.63) is 52.1 Å². The topological polar surface area (TPSA) is 30.5 Å². The number of ether oxygens (including phenoxy) is 2. The third-order valence-electron chi connectivity index (χ3n) is 2.66. The van der Waals surface area contributed by atoms with Gasteiger partial charge in [0.05, 0.1) is 6.61 Å². The molecule has 0 unspecified atom stereocenters. The first-order valence-electron chi connectivity index (χ1n) is 6.63. The maximum absolute atomic E-state index is 5.75. The van der Waals surface area contributed by atoms with Crippen molar-refractivity contribution in [2.45, 2.75) is 6.92 Å². The highest BCUT2D eigenvalue weighted by Gasteiger charge is 2.02. The first-order chi connectivity index (χ1) is 9.79. The molecule has 0 fully saturated rings. The van der Waals surface area contributed by atoms with Gasteiger partial charge in [0.2, 0.25) is 0 Å². The molecule has 4 heteroatoms. The lowest BCUT2D eigenvalue weighted by molar-refractivity contribution is 0.284. The van der Waals surface area contributed by atoms with Gasteiger partial charge in [0.1, 0.15) is 6.61 Å². The van der Waals surface area contributed by atoms with E-state index >= 15 is 0 Å². The summed E-state index contributed by atoms with van der Waals surface area (Å²) in [5, 5.41) is 3.34. The maximum Gasteiger partial charge on any atom is 0.161 e. The normalized spacial score (nSPS) is 10.1. The van der Waals surface area contributed by atoms with Gasteiger partial charge in [0, 0.05) is 15.8 Å². The van der Waals surface area contributed by atoms with Crippen LogP contribution in [0.15, 0.2) is 48.5 Å². The van der Waals surface area contributed by atoms with Crippen LogP contribution in [-0.4, -0.2) is 19.8 Å². The molecule has 2 aromatic rings. The van der Waals surface area contributed by atoms with Gasteiger partial charge in [-0.1, -0.05) is 18.2 Å². The lowest BCUT2D eigenvalue weighted by atomic mass is 10.3. The fourth-order valence-electron chi connectivity index (χ4n) is 1.80. The predicted octanol–water partition coefficient (Wildman–Crippen LogP) is 4.18. The number of para-hydroxylation sites is 2. The molecule has 0 radical (unpaired) electrons. The van der Waals surface area contributed by atoms with Crippen LogP contribution in [0.2, 0.25) is 0 Å². The van der Waals surface area contributed by atoms with Crippen molar-refractivity contribution in [2.24, 2.45) is 0 Å². The number of anilines is 1. The Kier molecular flexibility index (Phi) is 5.98. The van der Waals surface area contributed by atoms with E-state index in [0.29, 0.717) is 13.2 Å². The Hall–Kier alpha value is -1.43. The molecule has 0 bridgehead atoms. The molecule has 0 atom stereocenters. The number of hydrogen-bond acceptors (Lipinski definition) is 3. The lowest BCUT2D eigenvalue weighted by Gasteiger charge is -2.12. The summed E-state index contributed by atoms with van der Waals surface area (Å²) in [6.45, 7) is 3.95. The molecule has 0 spiro atoms. The van der Waals surface area contributed by atoms with E-state index in [0.717, 1.165) is 23.7 Å². The zero-order valence-electron chi connectivity index (χ0n) is 11.4. The van der Waals surface area contributed by atoms with Crippen molar-refractivity contribution in [3.8, 4) is 11.5 Å². The Morgan fingerprint density at radius 2 is 1.75 bits per heavy atom. The largest absolute Gasteiger partial charge is 0.490 e. The van der Waals surface area contributed by atoms with Gasteiger partial charge in [-0.2, -0.15) is 0 Å². The molecule has 0 heterocycles. The molecule has 106 valence electrons. The van der Waals surface area contributed by atoms with Crippen LogP contribution in [0.3, 0.4) is 0 Å². The summed E-state index contributed by atoms with van der Waals surface area (Å²) < 4.78 is 12.5.